The van der Waals surface area contributed by atoms with Crippen molar-refractivity contribution in [3.8, 4) is 0 Å². The number of pyridine rings is 1. The SMILES string of the molecule is NCCc1nccc(F)c1Cl. The second kappa shape index (κ2) is 3.64. The molecule has 0 saturated heterocycles. The molecular weight excluding hydrogens is 167 g/mol. The van der Waals surface area contributed by atoms with Crippen LogP contribution in [0.1, 0.15) is 5.69 Å². The third-order valence-electron chi connectivity index (χ3n) is 1.30. The number of aromatic nitrogens is 1. The number of hydrogen-bond acceptors (Lipinski definition) is 2. The smallest absolute Gasteiger partial charge is 0.145 e. The topological polar surface area (TPSA) is 38.9 Å². The van der Waals surface area contributed by atoms with Crippen LogP contribution in [0.15, 0.2) is 12.3 Å². The summed E-state index contributed by atoms with van der Waals surface area (Å²) < 4.78 is 12.7. The molecule has 0 radical (unpaired) electrons. The fourth-order valence-electron chi connectivity index (χ4n) is 0.771. The highest BCUT2D eigenvalue weighted by atomic mass is 35.5. The largest absolute Gasteiger partial charge is 0.330 e. The van der Waals surface area contributed by atoms with Crippen LogP contribution in [0.5, 0.6) is 0 Å². The maximum Gasteiger partial charge on any atom is 0.145 e. The van der Waals surface area contributed by atoms with Crippen LogP contribution in [-0.2, 0) is 6.42 Å². The number of halogens is 2. The minimum atomic E-state index is -0.440. The van der Waals surface area contributed by atoms with Gasteiger partial charge in [0.2, 0.25) is 0 Å². The van der Waals surface area contributed by atoms with Gasteiger partial charge in [0.25, 0.3) is 0 Å². The van der Waals surface area contributed by atoms with Crippen molar-refractivity contribution < 1.29 is 4.39 Å². The second-order valence-electron chi connectivity index (χ2n) is 2.09. The van der Waals surface area contributed by atoms with E-state index in [2.05, 4.69) is 4.98 Å². The summed E-state index contributed by atoms with van der Waals surface area (Å²) in [5.41, 5.74) is 5.78. The number of hydrogen-bond donors (Lipinski definition) is 1. The van der Waals surface area contributed by atoms with Gasteiger partial charge in [0.05, 0.1) is 10.7 Å². The first-order valence-corrected chi connectivity index (χ1v) is 3.62. The highest BCUT2D eigenvalue weighted by Crippen LogP contribution is 2.16. The van der Waals surface area contributed by atoms with Crippen molar-refractivity contribution in [2.75, 3.05) is 6.54 Å². The molecule has 0 unspecified atom stereocenters. The maximum atomic E-state index is 12.7. The molecule has 0 spiro atoms. The zero-order valence-corrected chi connectivity index (χ0v) is 6.61. The van der Waals surface area contributed by atoms with Gasteiger partial charge in [0.1, 0.15) is 5.82 Å². The second-order valence-corrected chi connectivity index (χ2v) is 2.47. The molecule has 0 saturated carbocycles. The third-order valence-corrected chi connectivity index (χ3v) is 1.69. The Kier molecular flexibility index (Phi) is 2.79. The summed E-state index contributed by atoms with van der Waals surface area (Å²) in [6.45, 7) is 0.427. The van der Waals surface area contributed by atoms with Gasteiger partial charge in [-0.1, -0.05) is 11.6 Å². The van der Waals surface area contributed by atoms with Crippen molar-refractivity contribution in [3.05, 3.63) is 28.8 Å². The summed E-state index contributed by atoms with van der Waals surface area (Å²) in [6.07, 6.45) is 1.89. The average molecular weight is 175 g/mol. The van der Waals surface area contributed by atoms with E-state index in [0.717, 1.165) is 0 Å². The van der Waals surface area contributed by atoms with Crippen LogP contribution >= 0.6 is 11.6 Å². The molecule has 2 nitrogen and oxygen atoms in total. The van der Waals surface area contributed by atoms with Gasteiger partial charge in [0.15, 0.2) is 0 Å². The zero-order valence-electron chi connectivity index (χ0n) is 5.85. The lowest BCUT2D eigenvalue weighted by atomic mass is 10.3. The van der Waals surface area contributed by atoms with Crippen molar-refractivity contribution >= 4 is 11.6 Å². The van der Waals surface area contributed by atoms with Crippen LogP contribution < -0.4 is 5.73 Å². The van der Waals surface area contributed by atoms with E-state index >= 15 is 0 Å². The number of nitrogens with two attached hydrogens (primary N) is 1. The Morgan fingerprint density at radius 2 is 2.36 bits per heavy atom. The summed E-state index contributed by atoms with van der Waals surface area (Å²) in [6, 6.07) is 1.22. The highest BCUT2D eigenvalue weighted by molar-refractivity contribution is 6.31. The minimum absolute atomic E-state index is 0.0814. The lowest BCUT2D eigenvalue weighted by Crippen LogP contribution is -2.05. The summed E-state index contributed by atoms with van der Waals surface area (Å²) in [5.74, 6) is -0.440. The van der Waals surface area contributed by atoms with Crippen LogP contribution in [0.2, 0.25) is 5.02 Å². The molecule has 0 bridgehead atoms. The van der Waals surface area contributed by atoms with Crippen molar-refractivity contribution in [3.63, 3.8) is 0 Å². The van der Waals surface area contributed by atoms with Crippen LogP contribution in [0.25, 0.3) is 0 Å². The quantitative estimate of drug-likeness (QED) is 0.736. The molecular formula is C7H8ClFN2. The molecule has 4 heteroatoms. The molecule has 0 aliphatic carbocycles. The highest BCUT2D eigenvalue weighted by Gasteiger charge is 2.04. The van der Waals surface area contributed by atoms with E-state index in [1.54, 1.807) is 0 Å². The van der Waals surface area contributed by atoms with Gasteiger partial charge in [-0.2, -0.15) is 0 Å². The van der Waals surface area contributed by atoms with Gasteiger partial charge in [-0.3, -0.25) is 4.98 Å². The summed E-state index contributed by atoms with van der Waals surface area (Å²) >= 11 is 5.58. The van der Waals surface area contributed by atoms with Gasteiger partial charge in [0, 0.05) is 12.6 Å². The molecule has 2 N–H and O–H groups in total. The molecule has 0 aromatic carbocycles. The molecule has 0 atom stereocenters. The molecule has 0 amide bonds. The molecule has 60 valence electrons. The van der Waals surface area contributed by atoms with E-state index < -0.39 is 5.82 Å². The van der Waals surface area contributed by atoms with Gasteiger partial charge in [-0.25, -0.2) is 4.39 Å². The van der Waals surface area contributed by atoms with Crippen LogP contribution in [0.3, 0.4) is 0 Å². The zero-order chi connectivity index (χ0) is 8.27. The van der Waals surface area contributed by atoms with Gasteiger partial charge >= 0.3 is 0 Å². The van der Waals surface area contributed by atoms with E-state index in [4.69, 9.17) is 17.3 Å². The maximum absolute atomic E-state index is 12.7. The minimum Gasteiger partial charge on any atom is -0.330 e. The van der Waals surface area contributed by atoms with Crippen molar-refractivity contribution in [2.45, 2.75) is 6.42 Å². The first kappa shape index (κ1) is 8.43. The predicted octanol–water partition coefficient (Wildman–Crippen LogP) is 1.38. The molecule has 0 aliphatic heterocycles. The van der Waals surface area contributed by atoms with Crippen molar-refractivity contribution in [2.24, 2.45) is 5.73 Å². The number of nitrogens with zero attached hydrogens (tertiary/aromatic N) is 1. The standard InChI is InChI=1S/C7H8ClFN2/c8-7-5(9)2-4-11-6(7)1-3-10/h2,4H,1,3,10H2. The molecule has 0 fully saturated rings. The monoisotopic (exact) mass is 174 g/mol. The van der Waals surface area contributed by atoms with Crippen LogP contribution in [0.4, 0.5) is 4.39 Å². The lowest BCUT2D eigenvalue weighted by Gasteiger charge is -2.00. The van der Waals surface area contributed by atoms with E-state index in [0.29, 0.717) is 18.7 Å². The fourth-order valence-corrected chi connectivity index (χ4v) is 0.978. The molecule has 11 heavy (non-hydrogen) atoms. The molecule has 0 aliphatic rings. The Hall–Kier alpha value is -0.670. The van der Waals surface area contributed by atoms with E-state index in [1.165, 1.54) is 12.3 Å². The Bertz CT molecular complexity index is 252. The summed E-state index contributed by atoms with van der Waals surface area (Å²) in [7, 11) is 0. The number of rotatable bonds is 2. The predicted molar refractivity (Wildman–Crippen MR) is 42.0 cm³/mol. The first-order valence-electron chi connectivity index (χ1n) is 3.24. The average Bonchev–Trinajstić information content (AvgIpc) is 1.99. The fraction of sp³-hybridized carbons (Fsp3) is 0.286. The lowest BCUT2D eigenvalue weighted by molar-refractivity contribution is 0.622. The van der Waals surface area contributed by atoms with Crippen molar-refractivity contribution in [1.29, 1.82) is 0 Å². The Labute approximate surface area is 69.2 Å². The Morgan fingerprint density at radius 3 is 3.00 bits per heavy atom. The van der Waals surface area contributed by atoms with Crippen LogP contribution in [-0.4, -0.2) is 11.5 Å². The molecule has 1 heterocycles. The third kappa shape index (κ3) is 1.88. The molecule has 1 aromatic heterocycles. The molecule has 1 rings (SSSR count). The van der Waals surface area contributed by atoms with Gasteiger partial charge in [-0.15, -0.1) is 0 Å². The Balaban J connectivity index is 2.96. The normalized spacial score (nSPS) is 10.1. The van der Waals surface area contributed by atoms with E-state index in [9.17, 15) is 4.39 Å². The van der Waals surface area contributed by atoms with Gasteiger partial charge in [-0.05, 0) is 12.6 Å². The van der Waals surface area contributed by atoms with Gasteiger partial charge < -0.3 is 5.73 Å². The molecule has 1 aromatic rings. The summed E-state index contributed by atoms with van der Waals surface area (Å²) in [4.78, 5) is 3.88. The Morgan fingerprint density at radius 1 is 1.64 bits per heavy atom. The van der Waals surface area contributed by atoms with E-state index in [1.807, 2.05) is 0 Å². The van der Waals surface area contributed by atoms with Crippen LogP contribution in [0, 0.1) is 5.82 Å². The first-order chi connectivity index (χ1) is 5.25. The van der Waals surface area contributed by atoms with E-state index in [-0.39, 0.29) is 5.02 Å². The summed E-state index contributed by atoms with van der Waals surface area (Å²) in [5, 5.41) is 0.0814. The van der Waals surface area contributed by atoms with Crippen molar-refractivity contribution in [1.82, 2.24) is 4.98 Å².